The number of imidazole rings is 1. The van der Waals surface area contributed by atoms with Crippen molar-refractivity contribution in [1.29, 1.82) is 0 Å². The molecule has 1 amide bonds. The second kappa shape index (κ2) is 12.1. The van der Waals surface area contributed by atoms with E-state index in [-0.39, 0.29) is 17.5 Å². The topological polar surface area (TPSA) is 87.8 Å². The highest BCUT2D eigenvalue weighted by atomic mass is 32.2. The maximum atomic E-state index is 13.4. The number of rotatable bonds is 8. The third kappa shape index (κ3) is 6.42. The fourth-order valence-electron chi connectivity index (χ4n) is 4.12. The van der Waals surface area contributed by atoms with E-state index < -0.39 is 9.99 Å². The smallest absolute Gasteiger partial charge is 0.256 e. The van der Waals surface area contributed by atoms with Gasteiger partial charge in [0.1, 0.15) is 5.82 Å². The van der Waals surface area contributed by atoms with Crippen molar-refractivity contribution in [3.05, 3.63) is 60.6 Å². The molecule has 1 N–H and O–H groups in total. The molecule has 10 heteroatoms. The third-order valence-electron chi connectivity index (χ3n) is 6.08. The fourth-order valence-corrected chi connectivity index (χ4v) is 6.45. The molecule has 4 rings (SSSR count). The lowest BCUT2D eigenvalue weighted by Crippen LogP contribution is -2.38. The van der Waals surface area contributed by atoms with E-state index in [0.717, 1.165) is 49.9 Å². The van der Waals surface area contributed by atoms with Gasteiger partial charge in [0, 0.05) is 19.6 Å². The van der Waals surface area contributed by atoms with Crippen LogP contribution in [0.1, 0.15) is 39.0 Å². The van der Waals surface area contributed by atoms with Crippen LogP contribution >= 0.6 is 11.8 Å². The molecule has 36 heavy (non-hydrogen) atoms. The van der Waals surface area contributed by atoms with Crippen LogP contribution in [0.15, 0.2) is 64.9 Å². The van der Waals surface area contributed by atoms with Crippen molar-refractivity contribution in [2.45, 2.75) is 50.7 Å². The number of benzene rings is 1. The van der Waals surface area contributed by atoms with Gasteiger partial charge < -0.3 is 9.12 Å². The lowest BCUT2D eigenvalue weighted by Gasteiger charge is -2.28. The SMILES string of the molecule is CCCCn1c(-c2ccc(F)cc2)cnc1SCC(=O)N=C1C=CC(=S(=O)(O)N2CCCCC2)C=C1. The highest BCUT2D eigenvalue weighted by Gasteiger charge is 2.22. The van der Waals surface area contributed by atoms with Gasteiger partial charge in [-0.1, -0.05) is 31.5 Å². The number of aromatic nitrogens is 2. The Morgan fingerprint density at radius 2 is 1.83 bits per heavy atom. The summed E-state index contributed by atoms with van der Waals surface area (Å²) in [7, 11) is -3.27. The molecule has 1 aromatic heterocycles. The average Bonchev–Trinajstić information content (AvgIpc) is 3.30. The zero-order valence-corrected chi connectivity index (χ0v) is 21.9. The molecule has 2 heterocycles. The largest absolute Gasteiger partial charge is 0.319 e. The third-order valence-corrected chi connectivity index (χ3v) is 9.01. The molecule has 192 valence electrons. The second-order valence-electron chi connectivity index (χ2n) is 8.71. The number of allylic oxidation sites excluding steroid dienone is 4. The predicted octanol–water partition coefficient (Wildman–Crippen LogP) is 5.01. The molecule has 0 saturated carbocycles. The first-order valence-corrected chi connectivity index (χ1v) is 14.6. The number of hydrogen-bond acceptors (Lipinski definition) is 4. The summed E-state index contributed by atoms with van der Waals surface area (Å²) >= 11 is 1.31. The molecule has 1 atom stereocenters. The number of aliphatic imine (C=N–C) groups is 1. The lowest BCUT2D eigenvalue weighted by atomic mass is 10.1. The molecule has 2 aromatic rings. The van der Waals surface area contributed by atoms with E-state index in [2.05, 4.69) is 21.5 Å². The van der Waals surface area contributed by atoms with Crippen molar-refractivity contribution in [1.82, 2.24) is 13.9 Å². The van der Waals surface area contributed by atoms with Gasteiger partial charge in [-0.25, -0.2) is 22.9 Å². The van der Waals surface area contributed by atoms with Crippen LogP contribution in [0, 0.1) is 5.82 Å². The number of hydrogen-bond donors (Lipinski definition) is 1. The number of halogens is 1. The minimum absolute atomic E-state index is 0.109. The second-order valence-corrected chi connectivity index (χ2v) is 11.6. The van der Waals surface area contributed by atoms with Gasteiger partial charge in [-0.05, 0) is 73.4 Å². The van der Waals surface area contributed by atoms with Crippen LogP contribution in [-0.2, 0) is 21.3 Å². The molecule has 1 saturated heterocycles. The van der Waals surface area contributed by atoms with Gasteiger partial charge in [-0.3, -0.25) is 4.79 Å². The number of piperidine rings is 1. The summed E-state index contributed by atoms with van der Waals surface area (Å²) < 4.78 is 40.6. The van der Waals surface area contributed by atoms with E-state index in [1.807, 2.05) is 0 Å². The monoisotopic (exact) mass is 530 g/mol. The Morgan fingerprint density at radius 1 is 1.14 bits per heavy atom. The predicted molar refractivity (Wildman–Crippen MR) is 145 cm³/mol. The zero-order chi connectivity index (χ0) is 25.5. The average molecular weight is 531 g/mol. The Labute approximate surface area is 216 Å². The van der Waals surface area contributed by atoms with Gasteiger partial charge in [0.2, 0.25) is 0 Å². The first kappa shape index (κ1) is 26.5. The molecule has 7 nitrogen and oxygen atoms in total. The van der Waals surface area contributed by atoms with Crippen LogP contribution in [0.3, 0.4) is 0 Å². The van der Waals surface area contributed by atoms with Crippen molar-refractivity contribution in [2.75, 3.05) is 18.8 Å². The van der Waals surface area contributed by atoms with Crippen LogP contribution in [-0.4, -0.2) is 57.9 Å². The molecule has 2 aliphatic rings. The van der Waals surface area contributed by atoms with E-state index in [1.165, 1.54) is 23.9 Å². The van der Waals surface area contributed by atoms with Crippen LogP contribution in [0.4, 0.5) is 4.39 Å². The number of amides is 1. The molecule has 1 aliphatic carbocycles. The van der Waals surface area contributed by atoms with E-state index in [9.17, 15) is 17.9 Å². The van der Waals surface area contributed by atoms with Crippen molar-refractivity contribution in [3.63, 3.8) is 0 Å². The van der Waals surface area contributed by atoms with Gasteiger partial charge in [0.25, 0.3) is 5.91 Å². The summed E-state index contributed by atoms with van der Waals surface area (Å²) in [4.78, 5) is 21.6. The first-order chi connectivity index (χ1) is 17.4. The summed E-state index contributed by atoms with van der Waals surface area (Å²) in [5.41, 5.74) is 2.19. The summed E-state index contributed by atoms with van der Waals surface area (Å²) in [5, 5.41) is 0.711. The van der Waals surface area contributed by atoms with Crippen molar-refractivity contribution < 1.29 is 17.9 Å². The minimum Gasteiger partial charge on any atom is -0.319 e. The van der Waals surface area contributed by atoms with Crippen molar-refractivity contribution in [3.8, 4) is 11.3 Å². The normalized spacial score (nSPS) is 17.9. The van der Waals surface area contributed by atoms with Gasteiger partial charge in [0.15, 0.2) is 15.1 Å². The molecule has 0 spiro atoms. The van der Waals surface area contributed by atoms with Crippen LogP contribution in [0.2, 0.25) is 0 Å². The maximum Gasteiger partial charge on any atom is 0.256 e. The molecule has 1 aliphatic heterocycles. The van der Waals surface area contributed by atoms with Crippen LogP contribution in [0.25, 0.3) is 11.3 Å². The van der Waals surface area contributed by atoms with E-state index in [0.29, 0.717) is 28.8 Å². The fraction of sp³-hybridized carbons (Fsp3) is 0.385. The summed E-state index contributed by atoms with van der Waals surface area (Å²) in [6.45, 7) is 4.06. The van der Waals surface area contributed by atoms with E-state index >= 15 is 0 Å². The maximum absolute atomic E-state index is 13.4. The Bertz CT molecular complexity index is 1280. The number of nitrogens with zero attached hydrogens (tertiary/aromatic N) is 4. The summed E-state index contributed by atoms with van der Waals surface area (Å²) in [6, 6.07) is 6.30. The summed E-state index contributed by atoms with van der Waals surface area (Å²) in [6.07, 6.45) is 13.0. The highest BCUT2D eigenvalue weighted by molar-refractivity contribution is 7.99. The zero-order valence-electron chi connectivity index (χ0n) is 20.3. The van der Waals surface area contributed by atoms with E-state index in [1.54, 1.807) is 46.9 Å². The molecule has 1 fully saturated rings. The molecule has 0 bridgehead atoms. The lowest BCUT2D eigenvalue weighted by molar-refractivity contribution is -0.115. The van der Waals surface area contributed by atoms with Gasteiger partial charge >= 0.3 is 0 Å². The first-order valence-electron chi connectivity index (χ1n) is 12.2. The minimum atomic E-state index is -3.27. The highest BCUT2D eigenvalue weighted by Crippen LogP contribution is 2.27. The molecular weight excluding hydrogens is 499 g/mol. The molecule has 0 radical (unpaired) electrons. The Kier molecular flexibility index (Phi) is 8.95. The Morgan fingerprint density at radius 3 is 2.50 bits per heavy atom. The molecular formula is C26H31FN4O3S2. The van der Waals surface area contributed by atoms with E-state index in [4.69, 9.17) is 0 Å². The number of carbonyl (C=O) groups excluding carboxylic acids is 1. The number of unbranched alkanes of at least 4 members (excludes halogenated alkanes) is 1. The van der Waals surface area contributed by atoms with Crippen LogP contribution < -0.4 is 0 Å². The van der Waals surface area contributed by atoms with Gasteiger partial charge in [0.05, 0.1) is 28.2 Å². The summed E-state index contributed by atoms with van der Waals surface area (Å²) in [5.74, 6) is -0.499. The Hall–Kier alpha value is -2.53. The van der Waals surface area contributed by atoms with Crippen LogP contribution in [0.5, 0.6) is 0 Å². The Balaban J connectivity index is 1.43. The van der Waals surface area contributed by atoms with Gasteiger partial charge in [-0.15, -0.1) is 0 Å². The van der Waals surface area contributed by atoms with Crippen molar-refractivity contribution in [2.24, 2.45) is 4.99 Å². The molecule has 1 aromatic carbocycles. The number of carbonyl (C=O) groups is 1. The number of thioether (sulfide) groups is 1. The van der Waals surface area contributed by atoms with Gasteiger partial charge in [-0.2, -0.15) is 0 Å². The van der Waals surface area contributed by atoms with Crippen molar-refractivity contribution >= 4 is 38.2 Å². The quantitative estimate of drug-likeness (QED) is 0.383. The molecule has 1 unspecified atom stereocenters. The standard InChI is InChI=1S/C26H31FN4O3S2/c1-2-3-17-31-24(20-7-9-21(27)10-8-20)18-28-26(31)35-19-25(32)29-22-11-13-23(14-12-22)36(33,34)30-15-5-4-6-16-30/h7-14,18H,2-6,15-17,19H2,1H3,(H,33,34).